The lowest BCUT2D eigenvalue weighted by Gasteiger charge is -2.39. The molecule has 7 rings (SSSR count). The number of aromatic amines is 1. The van der Waals surface area contributed by atoms with Crippen LogP contribution in [0, 0.1) is 17.6 Å². The second-order valence-electron chi connectivity index (χ2n) is 14.9. The summed E-state index contributed by atoms with van der Waals surface area (Å²) in [4.78, 5) is 40.2. The number of pyridine rings is 1. The number of nitrogens with one attached hydrogen (secondary N) is 2. The van der Waals surface area contributed by atoms with E-state index in [1.54, 1.807) is 12.3 Å². The van der Waals surface area contributed by atoms with Gasteiger partial charge in [0.2, 0.25) is 5.78 Å². The molecule has 0 radical (unpaired) electrons. The van der Waals surface area contributed by atoms with Crippen LogP contribution in [-0.2, 0) is 19.7 Å². The number of likely N-dealkylation sites (tertiary alicyclic amines) is 1. The maximum atomic E-state index is 15.7. The lowest BCUT2D eigenvalue weighted by atomic mass is 9.96. The predicted molar refractivity (Wildman–Crippen MR) is 209 cm³/mol. The number of carbonyl (C=O) groups is 2. The first-order valence-corrected chi connectivity index (χ1v) is 20.8. The number of halogens is 3. The van der Waals surface area contributed by atoms with Crippen LogP contribution in [0.15, 0.2) is 54.9 Å². The van der Waals surface area contributed by atoms with Gasteiger partial charge in [-0.25, -0.2) is 18.2 Å². The maximum absolute atomic E-state index is 15.7. The molecule has 3 aliphatic heterocycles. The van der Waals surface area contributed by atoms with Crippen molar-refractivity contribution in [3.8, 4) is 11.1 Å². The number of unbranched alkanes of at least 4 members (excludes halogenated alkanes) is 1. The van der Waals surface area contributed by atoms with Crippen LogP contribution in [0.4, 0.5) is 24.5 Å². The van der Waals surface area contributed by atoms with Gasteiger partial charge in [0, 0.05) is 80.4 Å². The lowest BCUT2D eigenvalue weighted by Crippen LogP contribution is -2.49. The van der Waals surface area contributed by atoms with Gasteiger partial charge in [-0.1, -0.05) is 25.5 Å². The summed E-state index contributed by atoms with van der Waals surface area (Å²) in [5.74, 6) is -3.03. The van der Waals surface area contributed by atoms with E-state index in [0.29, 0.717) is 35.7 Å². The lowest BCUT2D eigenvalue weighted by molar-refractivity contribution is -0.145. The summed E-state index contributed by atoms with van der Waals surface area (Å²) >= 11 is 0. The molecule has 1 atom stereocenters. The number of benzene rings is 2. The number of hydrogen-bond acceptors (Lipinski definition) is 9. The SMILES string of the molecule is CCCCOC(=O)CN1CCC(CN2CCN(c3ccc(-c4cnc5[nH]cc(C(=O)c6c(F)ccc(NS(=O)(=O)N7CCC(F)C7)c6F)c5c4)cc3)CC2)CC1. The summed E-state index contributed by atoms with van der Waals surface area (Å²) in [5, 5.41) is 0.346. The highest BCUT2D eigenvalue weighted by molar-refractivity contribution is 7.90. The highest BCUT2D eigenvalue weighted by atomic mass is 32.2. The molecule has 2 aromatic carbocycles. The highest BCUT2D eigenvalue weighted by Crippen LogP contribution is 2.31. The molecule has 0 aliphatic carbocycles. The van der Waals surface area contributed by atoms with Crippen LogP contribution >= 0.6 is 0 Å². The second kappa shape index (κ2) is 17.3. The van der Waals surface area contributed by atoms with E-state index in [2.05, 4.69) is 43.7 Å². The topological polar surface area (TPSA) is 131 Å². The van der Waals surface area contributed by atoms with E-state index in [-0.39, 0.29) is 31.0 Å². The summed E-state index contributed by atoms with van der Waals surface area (Å²) in [7, 11) is -4.34. The van der Waals surface area contributed by atoms with Gasteiger partial charge in [-0.3, -0.25) is 24.1 Å². The Morgan fingerprint density at radius 3 is 2.39 bits per heavy atom. The molecule has 5 heterocycles. The number of anilines is 2. The Labute approximate surface area is 325 Å². The number of hydrogen-bond donors (Lipinski definition) is 2. The number of nitrogens with zero attached hydrogens (tertiary/aromatic N) is 5. The fraction of sp³-hybridized carbons (Fsp3) is 0.475. The molecular weight excluding hydrogens is 748 g/mol. The summed E-state index contributed by atoms with van der Waals surface area (Å²) in [6, 6.07) is 11.5. The Kier molecular flexibility index (Phi) is 12.3. The van der Waals surface area contributed by atoms with E-state index < -0.39 is 45.0 Å². The molecule has 4 aromatic rings. The zero-order chi connectivity index (χ0) is 39.4. The maximum Gasteiger partial charge on any atom is 0.320 e. The average Bonchev–Trinajstić information content (AvgIpc) is 3.84. The van der Waals surface area contributed by atoms with Gasteiger partial charge in [-0.2, -0.15) is 12.7 Å². The minimum atomic E-state index is -4.34. The zero-order valence-corrected chi connectivity index (χ0v) is 32.3. The van der Waals surface area contributed by atoms with Crippen molar-refractivity contribution >= 4 is 44.4 Å². The van der Waals surface area contributed by atoms with E-state index in [0.717, 1.165) is 99.2 Å². The molecule has 0 bridgehead atoms. The molecule has 1 unspecified atom stereocenters. The first-order valence-electron chi connectivity index (χ1n) is 19.4. The first-order chi connectivity index (χ1) is 27.0. The van der Waals surface area contributed by atoms with Crippen molar-refractivity contribution in [3.05, 3.63) is 77.6 Å². The van der Waals surface area contributed by atoms with Crippen LogP contribution in [0.1, 0.15) is 54.9 Å². The molecule has 3 aliphatic rings. The van der Waals surface area contributed by atoms with Crippen molar-refractivity contribution < 1.29 is 35.9 Å². The Morgan fingerprint density at radius 2 is 1.70 bits per heavy atom. The largest absolute Gasteiger partial charge is 0.465 e. The van der Waals surface area contributed by atoms with Gasteiger partial charge in [0.05, 0.1) is 24.4 Å². The molecule has 3 fully saturated rings. The Morgan fingerprint density at radius 1 is 0.946 bits per heavy atom. The van der Waals surface area contributed by atoms with Crippen LogP contribution < -0.4 is 9.62 Å². The number of carbonyl (C=O) groups excluding carboxylic acids is 2. The van der Waals surface area contributed by atoms with Gasteiger partial charge in [-0.15, -0.1) is 0 Å². The van der Waals surface area contributed by atoms with Crippen LogP contribution in [0.2, 0.25) is 0 Å². The molecule has 56 heavy (non-hydrogen) atoms. The number of H-pyrrole nitrogens is 1. The number of ketones is 1. The van der Waals surface area contributed by atoms with Crippen LogP contribution in [-0.4, -0.2) is 122 Å². The molecule has 3 saturated heterocycles. The zero-order valence-electron chi connectivity index (χ0n) is 31.5. The van der Waals surface area contributed by atoms with Gasteiger partial charge >= 0.3 is 16.2 Å². The normalized spacial score (nSPS) is 19.1. The van der Waals surface area contributed by atoms with Crippen LogP contribution in [0.3, 0.4) is 0 Å². The van der Waals surface area contributed by atoms with E-state index in [4.69, 9.17) is 4.74 Å². The molecular formula is C40H48F3N7O5S. The fourth-order valence-electron chi connectivity index (χ4n) is 7.74. The summed E-state index contributed by atoms with van der Waals surface area (Å²) in [6.45, 7) is 9.13. The van der Waals surface area contributed by atoms with E-state index in [9.17, 15) is 22.4 Å². The molecule has 0 spiro atoms. The van der Waals surface area contributed by atoms with Gasteiger partial charge in [0.15, 0.2) is 5.82 Å². The number of aromatic nitrogens is 2. The van der Waals surface area contributed by atoms with Crippen molar-refractivity contribution in [3.63, 3.8) is 0 Å². The standard InChI is InChI=1S/C40H48F3N7O5S/c1-2-3-20-55-36(51)26-47-13-10-27(11-14-47)24-48-16-18-49(19-17-48)31-6-4-28(5-7-31)29-21-32-33(23-45-40(32)44-22-29)39(52)37-34(42)8-9-35(38(37)43)46-56(53,54)50-15-12-30(41)25-50/h4-9,21-23,27,30,46H,2-3,10-20,24-26H2,1H3,(H,44,45). The van der Waals surface area contributed by atoms with Crippen LogP contribution in [0.25, 0.3) is 22.2 Å². The molecule has 16 heteroatoms. The molecule has 300 valence electrons. The van der Waals surface area contributed by atoms with Crippen molar-refractivity contribution in [2.45, 2.75) is 45.2 Å². The van der Waals surface area contributed by atoms with Crippen molar-refractivity contribution in [2.24, 2.45) is 5.92 Å². The Bertz CT molecular complexity index is 2140. The third-order valence-corrected chi connectivity index (χ3v) is 12.5. The van der Waals surface area contributed by atoms with Crippen LogP contribution in [0.5, 0.6) is 0 Å². The highest BCUT2D eigenvalue weighted by Gasteiger charge is 2.33. The number of piperidine rings is 1. The average molecular weight is 796 g/mol. The number of rotatable bonds is 14. The second-order valence-corrected chi connectivity index (χ2v) is 16.6. The minimum Gasteiger partial charge on any atom is -0.465 e. The molecule has 12 nitrogen and oxygen atoms in total. The number of fused-ring (bicyclic) bond motifs is 1. The number of piperazine rings is 1. The fourth-order valence-corrected chi connectivity index (χ4v) is 9.01. The van der Waals surface area contributed by atoms with Gasteiger partial charge in [0.25, 0.3) is 0 Å². The Hall–Kier alpha value is -4.51. The molecule has 2 aromatic heterocycles. The third kappa shape index (κ3) is 9.03. The number of esters is 1. The van der Waals surface area contributed by atoms with Gasteiger partial charge in [-0.05, 0) is 80.6 Å². The van der Waals surface area contributed by atoms with Crippen molar-refractivity contribution in [2.75, 3.05) is 81.7 Å². The summed E-state index contributed by atoms with van der Waals surface area (Å²) in [6.07, 6.45) is 5.73. The van der Waals surface area contributed by atoms with Crippen molar-refractivity contribution in [1.82, 2.24) is 24.1 Å². The smallest absolute Gasteiger partial charge is 0.320 e. The van der Waals surface area contributed by atoms with Crippen molar-refractivity contribution in [1.29, 1.82) is 0 Å². The van der Waals surface area contributed by atoms with E-state index in [1.165, 1.54) is 6.20 Å². The monoisotopic (exact) mass is 795 g/mol. The van der Waals surface area contributed by atoms with Gasteiger partial charge in [0.1, 0.15) is 17.6 Å². The first kappa shape index (κ1) is 39.7. The predicted octanol–water partition coefficient (Wildman–Crippen LogP) is 5.62. The minimum absolute atomic E-state index is 0.0124. The Balaban J connectivity index is 0.957. The quantitative estimate of drug-likeness (QED) is 0.0950. The van der Waals surface area contributed by atoms with E-state index in [1.807, 2.05) is 16.9 Å². The summed E-state index contributed by atoms with van der Waals surface area (Å²) < 4.78 is 78.2. The molecule has 0 saturated carbocycles. The molecule has 2 N–H and O–H groups in total. The number of alkyl halides is 1. The van der Waals surface area contributed by atoms with Gasteiger partial charge < -0.3 is 14.6 Å². The third-order valence-electron chi connectivity index (χ3n) is 11.0. The molecule has 0 amide bonds. The summed E-state index contributed by atoms with van der Waals surface area (Å²) in [5.41, 5.74) is 1.39. The van der Waals surface area contributed by atoms with E-state index >= 15 is 8.78 Å². The number of ether oxygens (including phenoxy) is 1.